The number of benzene rings is 1. The standard InChI is InChI=1S/C30H35Cl2NO12/c1-29(2,3)45-28(39)33-30(27(38)44-13-42-25(36)16-7-8-16)21-19(20(21)26(37)43-12-41-24(35)15-5-6-15)22(34)23(30)40-11-14-4-9-17(31)18(32)10-14/h4,9-10,15-16,19-23,34H,5-8,11-13H2,1-3H3,(H,33,39)/t19-,20-,21-,22-,23+,30+/m0/s1. The second kappa shape index (κ2) is 12.9. The van der Waals surface area contributed by atoms with Crippen LogP contribution in [0.5, 0.6) is 0 Å². The topological polar surface area (TPSA) is 173 Å². The van der Waals surface area contributed by atoms with Crippen LogP contribution in [0.15, 0.2) is 18.2 Å². The summed E-state index contributed by atoms with van der Waals surface area (Å²) in [6, 6.07) is 4.70. The summed E-state index contributed by atoms with van der Waals surface area (Å²) in [4.78, 5) is 64.2. The van der Waals surface area contributed by atoms with Gasteiger partial charge in [-0.3, -0.25) is 14.4 Å². The van der Waals surface area contributed by atoms with Crippen molar-refractivity contribution in [2.24, 2.45) is 29.6 Å². The molecule has 4 aliphatic rings. The number of hydrogen-bond donors (Lipinski definition) is 2. The van der Waals surface area contributed by atoms with Crippen molar-refractivity contribution < 1.29 is 57.5 Å². The molecule has 45 heavy (non-hydrogen) atoms. The minimum atomic E-state index is -2.19. The third-order valence-corrected chi connectivity index (χ3v) is 8.84. The number of rotatable bonds is 12. The van der Waals surface area contributed by atoms with Crippen LogP contribution in [0.4, 0.5) is 4.79 Å². The van der Waals surface area contributed by atoms with E-state index in [1.807, 2.05) is 0 Å². The van der Waals surface area contributed by atoms with E-state index in [9.17, 15) is 29.1 Å². The molecule has 5 rings (SSSR count). The predicted molar refractivity (Wildman–Crippen MR) is 153 cm³/mol. The van der Waals surface area contributed by atoms with E-state index in [2.05, 4.69) is 5.32 Å². The predicted octanol–water partition coefficient (Wildman–Crippen LogP) is 3.29. The minimum Gasteiger partial charge on any atom is -0.444 e. The molecule has 2 N–H and O–H groups in total. The zero-order chi connectivity index (χ0) is 32.7. The number of amides is 1. The van der Waals surface area contributed by atoms with E-state index in [1.54, 1.807) is 32.9 Å². The molecule has 0 saturated heterocycles. The molecule has 0 spiro atoms. The Kier molecular flexibility index (Phi) is 9.55. The molecule has 0 heterocycles. The third kappa shape index (κ3) is 7.48. The van der Waals surface area contributed by atoms with E-state index < -0.39 is 84.7 Å². The molecule has 15 heteroatoms. The quantitative estimate of drug-likeness (QED) is 0.189. The van der Waals surface area contributed by atoms with Crippen molar-refractivity contribution in [2.45, 2.75) is 76.4 Å². The average Bonchev–Trinajstić information content (AvgIpc) is 3.83. The molecular formula is C30H35Cl2NO12. The Labute approximate surface area is 269 Å². The number of aliphatic hydroxyl groups excluding tert-OH is 1. The number of carbonyl (C=O) groups is 5. The molecule has 0 bridgehead atoms. The molecule has 4 aliphatic carbocycles. The lowest BCUT2D eigenvalue weighted by atomic mass is 9.86. The van der Waals surface area contributed by atoms with Crippen LogP contribution in [-0.2, 0) is 54.2 Å². The molecule has 0 unspecified atom stereocenters. The number of fused-ring (bicyclic) bond motifs is 1. The first-order valence-corrected chi connectivity index (χ1v) is 15.4. The number of carbonyl (C=O) groups excluding carboxylic acids is 5. The van der Waals surface area contributed by atoms with Gasteiger partial charge in [0.1, 0.15) is 11.7 Å². The second-order valence-corrected chi connectivity index (χ2v) is 13.5. The molecule has 1 amide bonds. The largest absolute Gasteiger partial charge is 0.444 e. The molecule has 0 aromatic heterocycles. The van der Waals surface area contributed by atoms with Crippen molar-refractivity contribution in [1.82, 2.24) is 5.32 Å². The van der Waals surface area contributed by atoms with E-state index in [1.165, 1.54) is 6.07 Å². The molecule has 0 radical (unpaired) electrons. The van der Waals surface area contributed by atoms with Gasteiger partial charge in [-0.05, 0) is 64.2 Å². The van der Waals surface area contributed by atoms with E-state index in [0.29, 0.717) is 36.3 Å². The van der Waals surface area contributed by atoms with Gasteiger partial charge >= 0.3 is 30.0 Å². The van der Waals surface area contributed by atoms with Gasteiger partial charge in [0, 0.05) is 11.8 Å². The smallest absolute Gasteiger partial charge is 0.408 e. The van der Waals surface area contributed by atoms with Crippen molar-refractivity contribution in [1.29, 1.82) is 0 Å². The lowest BCUT2D eigenvalue weighted by Crippen LogP contribution is -2.66. The number of nitrogens with one attached hydrogen (secondary N) is 1. The second-order valence-electron chi connectivity index (χ2n) is 12.7. The van der Waals surface area contributed by atoms with Gasteiger partial charge in [0.25, 0.3) is 0 Å². The van der Waals surface area contributed by atoms with Crippen molar-refractivity contribution in [3.8, 4) is 0 Å². The van der Waals surface area contributed by atoms with Crippen LogP contribution in [0.2, 0.25) is 10.0 Å². The fourth-order valence-corrected chi connectivity index (χ4v) is 5.98. The molecule has 4 fully saturated rings. The van der Waals surface area contributed by atoms with Gasteiger partial charge in [0.05, 0.1) is 40.5 Å². The van der Waals surface area contributed by atoms with Gasteiger partial charge in [-0.2, -0.15) is 0 Å². The lowest BCUT2D eigenvalue weighted by molar-refractivity contribution is -0.182. The Morgan fingerprint density at radius 2 is 1.47 bits per heavy atom. The Bertz CT molecular complexity index is 1360. The maximum absolute atomic E-state index is 14.0. The number of esters is 4. The number of ether oxygens (including phenoxy) is 6. The summed E-state index contributed by atoms with van der Waals surface area (Å²) in [5.41, 5.74) is -2.65. The van der Waals surface area contributed by atoms with E-state index >= 15 is 0 Å². The number of aliphatic hydroxyl groups is 1. The third-order valence-electron chi connectivity index (χ3n) is 8.10. The van der Waals surface area contributed by atoms with E-state index in [4.69, 9.17) is 51.6 Å². The van der Waals surface area contributed by atoms with Gasteiger partial charge in [0.15, 0.2) is 5.54 Å². The fraction of sp³-hybridized carbons (Fsp3) is 0.633. The van der Waals surface area contributed by atoms with Gasteiger partial charge in [-0.1, -0.05) is 29.3 Å². The molecule has 0 aliphatic heterocycles. The summed E-state index contributed by atoms with van der Waals surface area (Å²) in [5.74, 6) is -6.62. The Balaban J connectivity index is 1.40. The van der Waals surface area contributed by atoms with E-state index in [0.717, 1.165) is 0 Å². The zero-order valence-electron chi connectivity index (χ0n) is 24.9. The van der Waals surface area contributed by atoms with Crippen LogP contribution in [0.3, 0.4) is 0 Å². The van der Waals surface area contributed by atoms with Gasteiger partial charge in [0.2, 0.25) is 13.6 Å². The van der Waals surface area contributed by atoms with E-state index in [-0.39, 0.29) is 23.5 Å². The Morgan fingerprint density at radius 3 is 2.02 bits per heavy atom. The summed E-state index contributed by atoms with van der Waals surface area (Å²) in [6.45, 7) is 3.22. The van der Waals surface area contributed by atoms with Crippen LogP contribution in [0.25, 0.3) is 0 Å². The van der Waals surface area contributed by atoms with Crippen molar-refractivity contribution in [3.63, 3.8) is 0 Å². The van der Waals surface area contributed by atoms with Crippen LogP contribution in [0, 0.1) is 29.6 Å². The monoisotopic (exact) mass is 671 g/mol. The fourth-order valence-electron chi connectivity index (χ4n) is 5.66. The van der Waals surface area contributed by atoms with Crippen molar-refractivity contribution in [2.75, 3.05) is 13.6 Å². The Hall–Kier alpha value is -3.13. The first-order valence-electron chi connectivity index (χ1n) is 14.6. The highest BCUT2D eigenvalue weighted by Crippen LogP contribution is 2.64. The maximum atomic E-state index is 14.0. The number of hydrogen-bond acceptors (Lipinski definition) is 12. The zero-order valence-corrected chi connectivity index (χ0v) is 26.4. The summed E-state index contributed by atoms with van der Waals surface area (Å²) >= 11 is 12.2. The first kappa shape index (κ1) is 33.2. The SMILES string of the molecule is CC(C)(C)OC(=O)N[C@]1(C(=O)OCOC(=O)C2CC2)[C@@H]2[C@@H](C(=O)OCOC(=O)C3CC3)[C@@H]2[C@H](O)[C@H]1OCc1ccc(Cl)c(Cl)c1. The summed E-state index contributed by atoms with van der Waals surface area (Å²) < 4.78 is 32.1. The van der Waals surface area contributed by atoms with Gasteiger partial charge in [-0.15, -0.1) is 0 Å². The maximum Gasteiger partial charge on any atom is 0.408 e. The highest BCUT2D eigenvalue weighted by Gasteiger charge is 2.81. The molecule has 1 aromatic rings. The Morgan fingerprint density at radius 1 is 0.889 bits per heavy atom. The number of halogens is 2. The normalized spacial score (nSPS) is 28.4. The molecule has 4 saturated carbocycles. The van der Waals surface area contributed by atoms with Gasteiger partial charge in [-0.25, -0.2) is 9.59 Å². The number of alkyl carbamates (subject to hydrolysis) is 1. The summed E-state index contributed by atoms with van der Waals surface area (Å²) in [7, 11) is 0. The first-order chi connectivity index (χ1) is 21.2. The summed E-state index contributed by atoms with van der Waals surface area (Å²) in [5, 5.41) is 14.5. The highest BCUT2D eigenvalue weighted by molar-refractivity contribution is 6.42. The van der Waals surface area contributed by atoms with Crippen molar-refractivity contribution in [3.05, 3.63) is 33.8 Å². The molecule has 1 aromatic carbocycles. The minimum absolute atomic E-state index is 0.189. The molecule has 6 atom stereocenters. The highest BCUT2D eigenvalue weighted by atomic mass is 35.5. The molecule has 13 nitrogen and oxygen atoms in total. The van der Waals surface area contributed by atoms with Crippen LogP contribution in [-0.4, -0.2) is 72.0 Å². The van der Waals surface area contributed by atoms with Crippen LogP contribution < -0.4 is 5.32 Å². The lowest BCUT2D eigenvalue weighted by Gasteiger charge is -2.38. The molecule has 246 valence electrons. The average molecular weight is 673 g/mol. The van der Waals surface area contributed by atoms with Crippen LogP contribution in [0.1, 0.15) is 52.0 Å². The van der Waals surface area contributed by atoms with Crippen molar-refractivity contribution >= 4 is 53.2 Å². The van der Waals surface area contributed by atoms with Crippen LogP contribution >= 0.6 is 23.2 Å². The van der Waals surface area contributed by atoms with Gasteiger partial charge < -0.3 is 38.8 Å². The summed E-state index contributed by atoms with van der Waals surface area (Å²) in [6.07, 6.45) is -1.27. The molecular weight excluding hydrogens is 637 g/mol.